The first-order chi connectivity index (χ1) is 10.3. The van der Waals surface area contributed by atoms with Gasteiger partial charge in [0.15, 0.2) is 0 Å². The lowest BCUT2D eigenvalue weighted by Crippen LogP contribution is -2.35. The van der Waals surface area contributed by atoms with Crippen LogP contribution in [0.3, 0.4) is 0 Å². The summed E-state index contributed by atoms with van der Waals surface area (Å²) in [6.45, 7) is 6.46. The smallest absolute Gasteiger partial charge is 0.111 e. The first-order valence-electron chi connectivity index (χ1n) is 8.49. The summed E-state index contributed by atoms with van der Waals surface area (Å²) >= 11 is 0. The van der Waals surface area contributed by atoms with E-state index in [0.717, 1.165) is 30.9 Å². The highest BCUT2D eigenvalue weighted by molar-refractivity contribution is 5.75. The maximum atomic E-state index is 4.88. The lowest BCUT2D eigenvalue weighted by atomic mass is 9.80. The molecule has 3 rings (SSSR count). The first-order valence-corrected chi connectivity index (χ1v) is 8.49. The molecule has 3 nitrogen and oxygen atoms in total. The summed E-state index contributed by atoms with van der Waals surface area (Å²) in [7, 11) is 0. The molecule has 0 bridgehead atoms. The number of likely N-dealkylation sites (N-methyl/N-ethyl adjacent to an activating group) is 1. The Hall–Kier alpha value is -1.35. The van der Waals surface area contributed by atoms with Crippen LogP contribution in [0.5, 0.6) is 0 Å². The number of imidazole rings is 1. The van der Waals surface area contributed by atoms with Gasteiger partial charge in [0.2, 0.25) is 0 Å². The van der Waals surface area contributed by atoms with Gasteiger partial charge < -0.3 is 9.88 Å². The summed E-state index contributed by atoms with van der Waals surface area (Å²) in [5, 5.41) is 3.67. The van der Waals surface area contributed by atoms with Gasteiger partial charge >= 0.3 is 0 Å². The van der Waals surface area contributed by atoms with Crippen molar-refractivity contribution in [2.45, 2.75) is 58.5 Å². The molecule has 1 atom stereocenters. The summed E-state index contributed by atoms with van der Waals surface area (Å²) in [6.07, 6.45) is 6.63. The Kier molecular flexibility index (Phi) is 4.59. The van der Waals surface area contributed by atoms with Crippen molar-refractivity contribution in [2.75, 3.05) is 6.54 Å². The minimum atomic E-state index is 0.572. The van der Waals surface area contributed by atoms with Crippen LogP contribution in [-0.4, -0.2) is 22.1 Å². The molecule has 0 spiro atoms. The number of hydrogen-bond acceptors (Lipinski definition) is 2. The van der Waals surface area contributed by atoms with Gasteiger partial charge in [-0.05, 0) is 37.9 Å². The third-order valence-electron chi connectivity index (χ3n) is 4.81. The highest BCUT2D eigenvalue weighted by Gasteiger charge is 2.23. The number of para-hydroxylation sites is 2. The number of aromatic nitrogens is 2. The van der Waals surface area contributed by atoms with Gasteiger partial charge in [-0.15, -0.1) is 0 Å². The van der Waals surface area contributed by atoms with Crippen LogP contribution in [0.1, 0.15) is 45.4 Å². The second-order valence-electron chi connectivity index (χ2n) is 6.25. The molecule has 0 radical (unpaired) electrons. The lowest BCUT2D eigenvalue weighted by Gasteiger charge is -2.30. The molecule has 1 N–H and O–H groups in total. The van der Waals surface area contributed by atoms with Crippen molar-refractivity contribution < 1.29 is 0 Å². The van der Waals surface area contributed by atoms with Gasteiger partial charge in [0.05, 0.1) is 11.0 Å². The van der Waals surface area contributed by atoms with Gasteiger partial charge in [-0.2, -0.15) is 0 Å². The molecule has 0 aliphatic heterocycles. The van der Waals surface area contributed by atoms with Gasteiger partial charge in [-0.1, -0.05) is 38.3 Å². The number of rotatable bonds is 7. The molecule has 1 fully saturated rings. The molecule has 1 aliphatic carbocycles. The molecular formula is C18H27N3. The maximum absolute atomic E-state index is 4.88. The number of hydrogen-bond donors (Lipinski definition) is 1. The Labute approximate surface area is 127 Å². The normalized spacial score (nSPS) is 17.0. The second kappa shape index (κ2) is 6.61. The summed E-state index contributed by atoms with van der Waals surface area (Å²) in [4.78, 5) is 4.88. The van der Waals surface area contributed by atoms with E-state index in [2.05, 4.69) is 48.0 Å². The Morgan fingerprint density at radius 2 is 2.10 bits per heavy atom. The second-order valence-corrected chi connectivity index (χ2v) is 6.25. The average molecular weight is 285 g/mol. The van der Waals surface area contributed by atoms with E-state index in [-0.39, 0.29) is 0 Å². The number of nitrogens with one attached hydrogen (secondary N) is 1. The predicted molar refractivity (Wildman–Crippen MR) is 88.5 cm³/mol. The summed E-state index contributed by atoms with van der Waals surface area (Å²) in [6, 6.07) is 9.07. The van der Waals surface area contributed by atoms with E-state index in [9.17, 15) is 0 Å². The molecule has 21 heavy (non-hydrogen) atoms. The van der Waals surface area contributed by atoms with Crippen molar-refractivity contribution in [3.8, 4) is 0 Å². The number of benzene rings is 1. The average Bonchev–Trinajstić information content (AvgIpc) is 2.80. The van der Waals surface area contributed by atoms with Crippen LogP contribution in [0.25, 0.3) is 11.0 Å². The molecule has 1 unspecified atom stereocenters. The van der Waals surface area contributed by atoms with Gasteiger partial charge in [0.25, 0.3) is 0 Å². The van der Waals surface area contributed by atoms with Crippen molar-refractivity contribution in [2.24, 2.45) is 5.92 Å². The van der Waals surface area contributed by atoms with Crippen LogP contribution in [-0.2, 0) is 13.0 Å². The molecule has 1 aromatic carbocycles. The fourth-order valence-corrected chi connectivity index (χ4v) is 3.51. The minimum Gasteiger partial charge on any atom is -0.328 e. The van der Waals surface area contributed by atoms with Crippen LogP contribution in [0.4, 0.5) is 0 Å². The van der Waals surface area contributed by atoms with Gasteiger partial charge in [-0.3, -0.25) is 0 Å². The summed E-state index contributed by atoms with van der Waals surface area (Å²) in [5.41, 5.74) is 2.40. The highest BCUT2D eigenvalue weighted by atomic mass is 15.1. The molecule has 0 amide bonds. The third kappa shape index (κ3) is 3.13. The summed E-state index contributed by atoms with van der Waals surface area (Å²) in [5.74, 6) is 2.18. The Morgan fingerprint density at radius 3 is 2.76 bits per heavy atom. The molecule has 1 aromatic heterocycles. The molecule has 1 aliphatic rings. The zero-order valence-electron chi connectivity index (χ0n) is 13.3. The highest BCUT2D eigenvalue weighted by Crippen LogP contribution is 2.31. The minimum absolute atomic E-state index is 0.572. The Morgan fingerprint density at radius 1 is 1.29 bits per heavy atom. The fourth-order valence-electron chi connectivity index (χ4n) is 3.51. The molecule has 114 valence electrons. The maximum Gasteiger partial charge on any atom is 0.111 e. The monoisotopic (exact) mass is 285 g/mol. The molecule has 1 heterocycles. The van der Waals surface area contributed by atoms with Gasteiger partial charge in [0, 0.05) is 19.0 Å². The Balaban J connectivity index is 1.80. The third-order valence-corrected chi connectivity index (χ3v) is 4.81. The van der Waals surface area contributed by atoms with Gasteiger partial charge in [-0.25, -0.2) is 4.98 Å². The van der Waals surface area contributed by atoms with Crippen molar-refractivity contribution >= 4 is 11.0 Å². The predicted octanol–water partition coefficient (Wildman–Crippen LogP) is 3.77. The quantitative estimate of drug-likeness (QED) is 0.839. The Bertz CT molecular complexity index is 583. The number of aryl methyl sites for hydroxylation is 1. The van der Waals surface area contributed by atoms with E-state index in [4.69, 9.17) is 4.98 Å². The standard InChI is InChI=1S/C18H27N3/c1-3-19-15(12-14-8-7-9-14)13-18-20-16-10-5-6-11-17(16)21(18)4-2/h5-6,10-11,14-15,19H,3-4,7-9,12-13H2,1-2H3. The fraction of sp³-hybridized carbons (Fsp3) is 0.611. The molecule has 2 aromatic rings. The van der Waals surface area contributed by atoms with Crippen molar-refractivity contribution in [1.29, 1.82) is 0 Å². The molecule has 1 saturated carbocycles. The van der Waals surface area contributed by atoms with Crippen LogP contribution in [0, 0.1) is 5.92 Å². The topological polar surface area (TPSA) is 29.9 Å². The zero-order chi connectivity index (χ0) is 14.7. The largest absolute Gasteiger partial charge is 0.328 e. The summed E-state index contributed by atoms with van der Waals surface area (Å²) < 4.78 is 2.38. The zero-order valence-corrected chi connectivity index (χ0v) is 13.3. The number of nitrogens with zero attached hydrogens (tertiary/aromatic N) is 2. The van der Waals surface area contributed by atoms with E-state index in [1.807, 2.05) is 0 Å². The van der Waals surface area contributed by atoms with E-state index >= 15 is 0 Å². The molecule has 3 heteroatoms. The lowest BCUT2D eigenvalue weighted by molar-refractivity contribution is 0.258. The van der Waals surface area contributed by atoms with Crippen molar-refractivity contribution in [3.05, 3.63) is 30.1 Å². The molecule has 0 saturated heterocycles. The number of fused-ring (bicyclic) bond motifs is 1. The molecular weight excluding hydrogens is 258 g/mol. The van der Waals surface area contributed by atoms with Crippen LogP contribution >= 0.6 is 0 Å². The first kappa shape index (κ1) is 14.6. The van der Waals surface area contributed by atoms with E-state index in [0.29, 0.717) is 6.04 Å². The van der Waals surface area contributed by atoms with Crippen LogP contribution in [0.15, 0.2) is 24.3 Å². The van der Waals surface area contributed by atoms with E-state index < -0.39 is 0 Å². The van der Waals surface area contributed by atoms with Crippen molar-refractivity contribution in [1.82, 2.24) is 14.9 Å². The van der Waals surface area contributed by atoms with E-state index in [1.165, 1.54) is 37.0 Å². The SMILES string of the molecule is CCNC(Cc1nc2ccccc2n1CC)CC1CCC1. The van der Waals surface area contributed by atoms with Crippen LogP contribution in [0.2, 0.25) is 0 Å². The van der Waals surface area contributed by atoms with Gasteiger partial charge in [0.1, 0.15) is 5.82 Å². The van der Waals surface area contributed by atoms with Crippen molar-refractivity contribution in [3.63, 3.8) is 0 Å². The van der Waals surface area contributed by atoms with Crippen LogP contribution < -0.4 is 5.32 Å². The van der Waals surface area contributed by atoms with E-state index in [1.54, 1.807) is 0 Å².